The molecule has 1 atom stereocenters. The molecule has 3 aromatic carbocycles. The molecule has 39 heavy (non-hydrogen) atoms. The Labute approximate surface area is 228 Å². The van der Waals surface area contributed by atoms with E-state index in [-0.39, 0.29) is 17.2 Å². The third-order valence-corrected chi connectivity index (χ3v) is 6.87. The molecule has 2 aromatic heterocycles. The van der Waals surface area contributed by atoms with E-state index in [1.807, 2.05) is 84.9 Å². The summed E-state index contributed by atoms with van der Waals surface area (Å²) >= 11 is 1.08. The number of H-pyrrole nitrogens is 1. The number of aromatic amines is 1. The van der Waals surface area contributed by atoms with Crippen LogP contribution < -0.4 is 10.6 Å². The van der Waals surface area contributed by atoms with Gasteiger partial charge in [0.1, 0.15) is 11.7 Å². The molecule has 0 saturated heterocycles. The van der Waals surface area contributed by atoms with Crippen molar-refractivity contribution < 1.29 is 19.5 Å². The first-order chi connectivity index (χ1) is 19.0. The van der Waals surface area contributed by atoms with Gasteiger partial charge in [0.05, 0.1) is 0 Å². The molecule has 4 N–H and O–H groups in total. The molecule has 0 fully saturated rings. The maximum atomic E-state index is 12.9. The van der Waals surface area contributed by atoms with E-state index in [9.17, 15) is 19.5 Å². The van der Waals surface area contributed by atoms with Crippen LogP contribution in [-0.4, -0.2) is 38.9 Å². The monoisotopic (exact) mass is 536 g/mol. The minimum atomic E-state index is -1.16. The molecule has 0 aliphatic carbocycles. The zero-order valence-corrected chi connectivity index (χ0v) is 21.4. The topological polar surface area (TPSA) is 124 Å². The number of rotatable bonds is 9. The molecular weight excluding hydrogens is 512 g/mol. The number of carbonyl (C=O) groups excluding carboxylic acids is 2. The second-order valence-corrected chi connectivity index (χ2v) is 9.60. The van der Waals surface area contributed by atoms with Crippen LogP contribution in [0.1, 0.15) is 27.2 Å². The van der Waals surface area contributed by atoms with Gasteiger partial charge in [0.15, 0.2) is 5.13 Å². The molecule has 0 radical (unpaired) electrons. The number of benzene rings is 3. The van der Waals surface area contributed by atoms with Crippen molar-refractivity contribution in [3.05, 3.63) is 125 Å². The van der Waals surface area contributed by atoms with Crippen molar-refractivity contribution in [1.82, 2.24) is 15.3 Å². The Morgan fingerprint density at radius 1 is 0.923 bits per heavy atom. The number of carboxylic acid groups (broad SMARTS) is 1. The minimum Gasteiger partial charge on any atom is -0.480 e. The number of fused-ring (bicyclic) bond motifs is 1. The van der Waals surface area contributed by atoms with Gasteiger partial charge in [-0.3, -0.25) is 14.9 Å². The molecule has 9 heteroatoms. The fraction of sp³-hybridized carbons (Fsp3) is 0.0667. The highest BCUT2D eigenvalue weighted by molar-refractivity contribution is 7.14. The molecule has 0 unspecified atom stereocenters. The molecule has 2 amide bonds. The summed E-state index contributed by atoms with van der Waals surface area (Å²) < 4.78 is 0. The molecular formula is C30H24N4O4S. The molecule has 0 aliphatic heterocycles. The lowest BCUT2D eigenvalue weighted by molar-refractivity contribution is -0.139. The predicted octanol–water partition coefficient (Wildman–Crippen LogP) is 5.12. The standard InChI is InChI=1S/C30H24N4O4S/c35-27(16-23(19-9-3-1-4-10-19)20-11-5-2-6-12-20)34-30-33-26(18-39-30)28(36)32-25(29(37)38)15-21-17-31-24-14-8-7-13-22(21)24/h1-14,16-18,25,31H,15H2,(H,32,36)(H,37,38)(H,33,34,35)/t25-/m0/s1. The van der Waals surface area contributed by atoms with E-state index in [4.69, 9.17) is 0 Å². The van der Waals surface area contributed by atoms with E-state index in [1.165, 1.54) is 11.5 Å². The van der Waals surface area contributed by atoms with Gasteiger partial charge in [-0.1, -0.05) is 78.9 Å². The average Bonchev–Trinajstić information content (AvgIpc) is 3.59. The number of nitrogens with one attached hydrogen (secondary N) is 3. The Balaban J connectivity index is 1.28. The fourth-order valence-electron chi connectivity index (χ4n) is 4.23. The van der Waals surface area contributed by atoms with Crippen LogP contribution in [0.3, 0.4) is 0 Å². The third kappa shape index (κ3) is 6.11. The highest BCUT2D eigenvalue weighted by atomic mass is 32.1. The van der Waals surface area contributed by atoms with Gasteiger partial charge in [-0.05, 0) is 28.3 Å². The van der Waals surface area contributed by atoms with Gasteiger partial charge in [0, 0.05) is 35.0 Å². The number of amides is 2. The van der Waals surface area contributed by atoms with Crippen LogP contribution in [0.15, 0.2) is 103 Å². The number of para-hydroxylation sites is 1. The predicted molar refractivity (Wildman–Crippen MR) is 152 cm³/mol. The van der Waals surface area contributed by atoms with Gasteiger partial charge in [0.25, 0.3) is 11.8 Å². The van der Waals surface area contributed by atoms with Crippen LogP contribution in [0.5, 0.6) is 0 Å². The van der Waals surface area contributed by atoms with Gasteiger partial charge < -0.3 is 15.4 Å². The fourth-order valence-corrected chi connectivity index (χ4v) is 4.92. The van der Waals surface area contributed by atoms with Crippen LogP contribution in [0.4, 0.5) is 5.13 Å². The smallest absolute Gasteiger partial charge is 0.326 e. The van der Waals surface area contributed by atoms with Crippen molar-refractivity contribution in [2.24, 2.45) is 0 Å². The van der Waals surface area contributed by atoms with E-state index < -0.39 is 23.8 Å². The van der Waals surface area contributed by atoms with E-state index in [0.717, 1.165) is 44.5 Å². The van der Waals surface area contributed by atoms with Crippen LogP contribution in [0, 0.1) is 0 Å². The Morgan fingerprint density at radius 3 is 2.23 bits per heavy atom. The lowest BCUT2D eigenvalue weighted by Crippen LogP contribution is -2.42. The van der Waals surface area contributed by atoms with Crippen molar-refractivity contribution in [3.8, 4) is 0 Å². The van der Waals surface area contributed by atoms with Crippen LogP contribution in [0.25, 0.3) is 16.5 Å². The summed E-state index contributed by atoms with van der Waals surface area (Å²) in [6, 6.07) is 25.5. The second kappa shape index (κ2) is 11.6. The normalized spacial score (nSPS) is 11.5. The average molecular weight is 537 g/mol. The second-order valence-electron chi connectivity index (χ2n) is 8.75. The molecule has 0 saturated carbocycles. The van der Waals surface area contributed by atoms with Crippen molar-refractivity contribution in [1.29, 1.82) is 0 Å². The Kier molecular flexibility index (Phi) is 7.60. The molecule has 8 nitrogen and oxygen atoms in total. The lowest BCUT2D eigenvalue weighted by Gasteiger charge is -2.13. The van der Waals surface area contributed by atoms with Gasteiger partial charge >= 0.3 is 5.97 Å². The number of hydrogen-bond acceptors (Lipinski definition) is 5. The van der Waals surface area contributed by atoms with E-state index in [0.29, 0.717) is 0 Å². The number of anilines is 1. The van der Waals surface area contributed by atoms with Gasteiger partial charge in [-0.15, -0.1) is 11.3 Å². The van der Waals surface area contributed by atoms with Crippen molar-refractivity contribution in [2.45, 2.75) is 12.5 Å². The van der Waals surface area contributed by atoms with Crippen LogP contribution >= 0.6 is 11.3 Å². The van der Waals surface area contributed by atoms with Crippen molar-refractivity contribution in [2.75, 3.05) is 5.32 Å². The van der Waals surface area contributed by atoms with Crippen LogP contribution in [-0.2, 0) is 16.0 Å². The zero-order valence-electron chi connectivity index (χ0n) is 20.6. The SMILES string of the molecule is O=C(C=C(c1ccccc1)c1ccccc1)Nc1nc(C(=O)N[C@@H](Cc2c[nH]c3ccccc23)C(=O)O)cs1. The highest BCUT2D eigenvalue weighted by Gasteiger charge is 2.24. The maximum absolute atomic E-state index is 12.9. The first-order valence-electron chi connectivity index (χ1n) is 12.2. The molecule has 0 spiro atoms. The number of aromatic nitrogens is 2. The number of hydrogen-bond donors (Lipinski definition) is 4. The highest BCUT2D eigenvalue weighted by Crippen LogP contribution is 2.24. The summed E-state index contributed by atoms with van der Waals surface area (Å²) in [6.07, 6.45) is 3.34. The summed E-state index contributed by atoms with van der Waals surface area (Å²) in [5.41, 5.74) is 4.20. The minimum absolute atomic E-state index is 0.0239. The summed E-state index contributed by atoms with van der Waals surface area (Å²) in [5, 5.41) is 17.6. The van der Waals surface area contributed by atoms with Gasteiger partial charge in [-0.25, -0.2) is 9.78 Å². The van der Waals surface area contributed by atoms with Crippen molar-refractivity contribution >= 4 is 50.7 Å². The van der Waals surface area contributed by atoms with Gasteiger partial charge in [0.2, 0.25) is 0 Å². The summed E-state index contributed by atoms with van der Waals surface area (Å²) in [6.45, 7) is 0. The maximum Gasteiger partial charge on any atom is 0.326 e. The number of nitrogens with zero attached hydrogens (tertiary/aromatic N) is 1. The van der Waals surface area contributed by atoms with E-state index in [2.05, 4.69) is 20.6 Å². The number of carboxylic acids is 1. The number of carbonyl (C=O) groups is 3. The first kappa shape index (κ1) is 25.6. The molecule has 5 rings (SSSR count). The Bertz CT molecular complexity index is 1620. The summed E-state index contributed by atoms with van der Waals surface area (Å²) in [5.74, 6) is -2.19. The third-order valence-electron chi connectivity index (χ3n) is 6.11. The first-order valence-corrected chi connectivity index (χ1v) is 13.0. The molecule has 0 bridgehead atoms. The van der Waals surface area contributed by atoms with Crippen LogP contribution in [0.2, 0.25) is 0 Å². The molecule has 5 aromatic rings. The largest absolute Gasteiger partial charge is 0.480 e. The lowest BCUT2D eigenvalue weighted by atomic mass is 9.97. The number of thiazole rings is 1. The number of aliphatic carboxylic acids is 1. The quantitative estimate of drug-likeness (QED) is 0.195. The Hall–Kier alpha value is -5.02. The molecule has 0 aliphatic rings. The summed E-state index contributed by atoms with van der Waals surface area (Å²) in [7, 11) is 0. The molecule has 194 valence electrons. The van der Waals surface area contributed by atoms with Crippen molar-refractivity contribution in [3.63, 3.8) is 0 Å². The zero-order chi connectivity index (χ0) is 27.2. The van der Waals surface area contributed by atoms with Gasteiger partial charge in [-0.2, -0.15) is 0 Å². The van der Waals surface area contributed by atoms with E-state index in [1.54, 1.807) is 6.20 Å². The Morgan fingerprint density at radius 2 is 1.56 bits per heavy atom. The molecule has 2 heterocycles. The summed E-state index contributed by atoms with van der Waals surface area (Å²) in [4.78, 5) is 45.0. The van der Waals surface area contributed by atoms with E-state index >= 15 is 0 Å².